The summed E-state index contributed by atoms with van der Waals surface area (Å²) in [5, 5.41) is 2.66. The van der Waals surface area contributed by atoms with Crippen LogP contribution in [0, 0.1) is 5.82 Å². The number of nitrogens with one attached hydrogen (secondary N) is 1. The van der Waals surface area contributed by atoms with Crippen molar-refractivity contribution in [1.29, 1.82) is 0 Å². The Bertz CT molecular complexity index is 855. The van der Waals surface area contributed by atoms with Gasteiger partial charge in [0.05, 0.1) is 5.92 Å². The molecule has 0 radical (unpaired) electrons. The van der Waals surface area contributed by atoms with Gasteiger partial charge in [-0.1, -0.05) is 6.07 Å². The fourth-order valence-corrected chi connectivity index (χ4v) is 4.01. The summed E-state index contributed by atoms with van der Waals surface area (Å²) in [6.07, 6.45) is 5.54. The number of hydrogen-bond acceptors (Lipinski definition) is 3. The standard InChI is InChI=1S/C19H21FN4O2/c1-23-9-6-21-18(23)12-4-7-24(8-5-12)19(26)15-11-17(25)22-16-10-13(20)2-3-14(15)16/h2-3,6,9-10,12,15H,4-5,7-8,11H2,1H3,(H,22,25). The molecule has 2 aliphatic heterocycles. The monoisotopic (exact) mass is 356 g/mol. The van der Waals surface area contributed by atoms with Crippen molar-refractivity contribution in [3.8, 4) is 0 Å². The van der Waals surface area contributed by atoms with E-state index in [0.717, 1.165) is 18.7 Å². The van der Waals surface area contributed by atoms with Crippen molar-refractivity contribution >= 4 is 17.5 Å². The molecule has 6 nitrogen and oxygen atoms in total. The molecule has 0 aliphatic carbocycles. The van der Waals surface area contributed by atoms with Crippen LogP contribution in [0.25, 0.3) is 0 Å². The summed E-state index contributed by atoms with van der Waals surface area (Å²) in [6, 6.07) is 4.22. The van der Waals surface area contributed by atoms with Crippen LogP contribution in [0.3, 0.4) is 0 Å². The lowest BCUT2D eigenvalue weighted by molar-refractivity contribution is -0.136. The Morgan fingerprint density at radius 2 is 2.08 bits per heavy atom. The smallest absolute Gasteiger partial charge is 0.230 e. The highest BCUT2D eigenvalue weighted by atomic mass is 19.1. The Hall–Kier alpha value is -2.70. The van der Waals surface area contributed by atoms with Gasteiger partial charge in [-0.3, -0.25) is 9.59 Å². The van der Waals surface area contributed by atoms with E-state index in [1.165, 1.54) is 12.1 Å². The van der Waals surface area contributed by atoms with Gasteiger partial charge in [0.2, 0.25) is 11.8 Å². The molecule has 7 heteroatoms. The lowest BCUT2D eigenvalue weighted by atomic mass is 9.88. The molecule has 0 bridgehead atoms. The number of halogens is 1. The summed E-state index contributed by atoms with van der Waals surface area (Å²) in [5.74, 6) is 0.137. The number of anilines is 1. The van der Waals surface area contributed by atoms with Crippen molar-refractivity contribution in [2.45, 2.75) is 31.1 Å². The Morgan fingerprint density at radius 1 is 1.31 bits per heavy atom. The number of piperidine rings is 1. The molecule has 2 aliphatic rings. The highest BCUT2D eigenvalue weighted by molar-refractivity contribution is 6.01. The molecule has 1 unspecified atom stereocenters. The molecule has 0 spiro atoms. The molecule has 1 atom stereocenters. The third-order valence-electron chi connectivity index (χ3n) is 5.38. The van der Waals surface area contributed by atoms with Crippen LogP contribution >= 0.6 is 0 Å². The largest absolute Gasteiger partial charge is 0.342 e. The summed E-state index contributed by atoms with van der Waals surface area (Å²) >= 11 is 0. The Kier molecular flexibility index (Phi) is 4.22. The number of fused-ring (bicyclic) bond motifs is 1. The summed E-state index contributed by atoms with van der Waals surface area (Å²) < 4.78 is 15.5. The van der Waals surface area contributed by atoms with Gasteiger partial charge < -0.3 is 14.8 Å². The number of rotatable bonds is 2. The van der Waals surface area contributed by atoms with Crippen molar-refractivity contribution in [3.63, 3.8) is 0 Å². The molecule has 2 aromatic rings. The second-order valence-electron chi connectivity index (χ2n) is 7.03. The first kappa shape index (κ1) is 16.8. The Labute approximate surface area is 151 Å². The van der Waals surface area contributed by atoms with Crippen molar-refractivity contribution in [3.05, 3.63) is 47.8 Å². The molecule has 3 heterocycles. The molecule has 1 fully saturated rings. The van der Waals surface area contributed by atoms with Gasteiger partial charge in [0.1, 0.15) is 11.6 Å². The van der Waals surface area contributed by atoms with E-state index in [2.05, 4.69) is 10.3 Å². The van der Waals surface area contributed by atoms with Gasteiger partial charge in [-0.2, -0.15) is 0 Å². The zero-order valence-electron chi connectivity index (χ0n) is 14.6. The first-order chi connectivity index (χ1) is 12.5. The molecule has 0 saturated carbocycles. The maximum atomic E-state index is 13.5. The van der Waals surface area contributed by atoms with E-state index in [0.29, 0.717) is 30.3 Å². The lowest BCUT2D eigenvalue weighted by Crippen LogP contribution is -2.42. The molecule has 26 heavy (non-hydrogen) atoms. The van der Waals surface area contributed by atoms with Crippen molar-refractivity contribution in [1.82, 2.24) is 14.5 Å². The maximum absolute atomic E-state index is 13.5. The SMILES string of the molecule is Cn1ccnc1C1CCN(C(=O)C2CC(=O)Nc3cc(F)ccc32)CC1. The molecule has 1 aromatic carbocycles. The van der Waals surface area contributed by atoms with Crippen LogP contribution in [0.15, 0.2) is 30.6 Å². The van der Waals surface area contributed by atoms with Gasteiger partial charge in [-0.15, -0.1) is 0 Å². The van der Waals surface area contributed by atoms with E-state index >= 15 is 0 Å². The first-order valence-corrected chi connectivity index (χ1v) is 8.88. The number of hydrogen-bond donors (Lipinski definition) is 1. The van der Waals surface area contributed by atoms with Crippen LogP contribution in [0.2, 0.25) is 0 Å². The number of likely N-dealkylation sites (tertiary alicyclic amines) is 1. The third-order valence-corrected chi connectivity index (χ3v) is 5.38. The topological polar surface area (TPSA) is 67.2 Å². The minimum absolute atomic E-state index is 0.0500. The second kappa shape index (κ2) is 6.55. The summed E-state index contributed by atoms with van der Waals surface area (Å²) in [6.45, 7) is 1.29. The Morgan fingerprint density at radius 3 is 2.77 bits per heavy atom. The van der Waals surface area contributed by atoms with Crippen molar-refractivity contribution in [2.24, 2.45) is 7.05 Å². The normalized spacial score (nSPS) is 20.6. The number of amides is 2. The van der Waals surface area contributed by atoms with Crippen LogP contribution in [0.5, 0.6) is 0 Å². The number of carbonyl (C=O) groups excluding carboxylic acids is 2. The fraction of sp³-hybridized carbons (Fsp3) is 0.421. The molecular formula is C19H21FN4O2. The van der Waals surface area contributed by atoms with Gasteiger partial charge in [0.25, 0.3) is 0 Å². The molecule has 1 saturated heterocycles. The molecule has 136 valence electrons. The number of aryl methyl sites for hydroxylation is 1. The number of benzene rings is 1. The van der Waals surface area contributed by atoms with E-state index in [1.807, 2.05) is 22.7 Å². The van der Waals surface area contributed by atoms with Crippen LogP contribution in [0.1, 0.15) is 42.5 Å². The van der Waals surface area contributed by atoms with Crippen LogP contribution < -0.4 is 5.32 Å². The van der Waals surface area contributed by atoms with Gasteiger partial charge in [0, 0.05) is 50.6 Å². The summed E-state index contributed by atoms with van der Waals surface area (Å²) in [5.41, 5.74) is 1.10. The van der Waals surface area contributed by atoms with Crippen LogP contribution in [0.4, 0.5) is 10.1 Å². The van der Waals surface area contributed by atoms with E-state index in [9.17, 15) is 14.0 Å². The molecule has 4 rings (SSSR count). The minimum atomic E-state index is -0.538. The summed E-state index contributed by atoms with van der Waals surface area (Å²) in [7, 11) is 1.98. The Balaban J connectivity index is 1.49. The van der Waals surface area contributed by atoms with E-state index in [-0.39, 0.29) is 18.2 Å². The maximum Gasteiger partial charge on any atom is 0.230 e. The van der Waals surface area contributed by atoms with Gasteiger partial charge >= 0.3 is 0 Å². The molecule has 1 N–H and O–H groups in total. The second-order valence-corrected chi connectivity index (χ2v) is 7.03. The molecule has 2 amide bonds. The minimum Gasteiger partial charge on any atom is -0.342 e. The average Bonchev–Trinajstić information content (AvgIpc) is 3.06. The summed E-state index contributed by atoms with van der Waals surface area (Å²) in [4.78, 5) is 31.2. The van der Waals surface area contributed by atoms with Gasteiger partial charge in [-0.25, -0.2) is 9.37 Å². The average molecular weight is 356 g/mol. The predicted octanol–water partition coefficient (Wildman–Crippen LogP) is 2.39. The van der Waals surface area contributed by atoms with E-state index < -0.39 is 11.7 Å². The number of carbonyl (C=O) groups is 2. The highest BCUT2D eigenvalue weighted by Crippen LogP contribution is 2.35. The van der Waals surface area contributed by atoms with Crippen LogP contribution in [-0.4, -0.2) is 39.4 Å². The van der Waals surface area contributed by atoms with Gasteiger partial charge in [0.15, 0.2) is 0 Å². The lowest BCUT2D eigenvalue weighted by Gasteiger charge is -2.35. The number of imidazole rings is 1. The van der Waals surface area contributed by atoms with Crippen molar-refractivity contribution in [2.75, 3.05) is 18.4 Å². The van der Waals surface area contributed by atoms with E-state index in [4.69, 9.17) is 0 Å². The zero-order chi connectivity index (χ0) is 18.3. The van der Waals surface area contributed by atoms with E-state index in [1.54, 1.807) is 12.3 Å². The number of nitrogens with zero attached hydrogens (tertiary/aromatic N) is 3. The molecular weight excluding hydrogens is 335 g/mol. The highest BCUT2D eigenvalue weighted by Gasteiger charge is 2.35. The quantitative estimate of drug-likeness (QED) is 0.898. The first-order valence-electron chi connectivity index (χ1n) is 8.88. The fourth-order valence-electron chi connectivity index (χ4n) is 4.01. The van der Waals surface area contributed by atoms with Crippen LogP contribution in [-0.2, 0) is 16.6 Å². The van der Waals surface area contributed by atoms with Gasteiger partial charge in [-0.05, 0) is 30.5 Å². The zero-order valence-corrected chi connectivity index (χ0v) is 14.6. The number of aromatic nitrogens is 2. The predicted molar refractivity (Wildman–Crippen MR) is 94.2 cm³/mol. The molecule has 1 aromatic heterocycles. The third kappa shape index (κ3) is 2.98. The van der Waals surface area contributed by atoms with Crippen molar-refractivity contribution < 1.29 is 14.0 Å².